The lowest BCUT2D eigenvalue weighted by Crippen LogP contribution is -2.36. The molecule has 2 amide bonds. The largest absolute Gasteiger partial charge is 0.497 e. The number of fused-ring (bicyclic) bond motifs is 1. The molecule has 0 aliphatic carbocycles. The molecule has 1 aromatic heterocycles. The zero-order chi connectivity index (χ0) is 22.0. The summed E-state index contributed by atoms with van der Waals surface area (Å²) in [5, 5.41) is 8.33. The number of benzene rings is 2. The number of carbonyl (C=O) groups is 2. The first-order valence-corrected chi connectivity index (χ1v) is 9.65. The van der Waals surface area contributed by atoms with Gasteiger partial charge < -0.3 is 20.7 Å². The second kappa shape index (κ2) is 8.31. The fraction of sp³-hybridized carbons (Fsp3) is 0.182. The van der Waals surface area contributed by atoms with Gasteiger partial charge >= 0.3 is 0 Å². The summed E-state index contributed by atoms with van der Waals surface area (Å²) >= 11 is 0. The summed E-state index contributed by atoms with van der Waals surface area (Å²) in [7, 11) is 1.57. The molecule has 1 atom stereocenters. The Kier molecular flexibility index (Phi) is 5.40. The molecule has 0 spiro atoms. The predicted octanol–water partition coefficient (Wildman–Crippen LogP) is 2.90. The Morgan fingerprint density at radius 3 is 2.42 bits per heavy atom. The minimum absolute atomic E-state index is 0.0695. The number of amides is 2. The highest BCUT2D eigenvalue weighted by molar-refractivity contribution is 6.04. The first-order chi connectivity index (χ1) is 14.9. The quantitative estimate of drug-likeness (QED) is 0.504. The molecule has 4 rings (SSSR count). The lowest BCUT2D eigenvalue weighted by Gasteiger charge is -2.23. The second-order valence-corrected chi connectivity index (χ2v) is 7.19. The van der Waals surface area contributed by atoms with Crippen LogP contribution in [0.3, 0.4) is 0 Å². The topological polar surface area (TPSA) is 125 Å². The van der Waals surface area contributed by atoms with E-state index >= 15 is 0 Å². The molecular formula is C22H21N5O4. The smallest absolute Gasteiger partial charge is 0.258 e. The van der Waals surface area contributed by atoms with E-state index < -0.39 is 17.4 Å². The van der Waals surface area contributed by atoms with E-state index in [0.29, 0.717) is 17.1 Å². The minimum atomic E-state index is -0.948. The van der Waals surface area contributed by atoms with E-state index in [4.69, 9.17) is 4.74 Å². The van der Waals surface area contributed by atoms with Gasteiger partial charge in [-0.3, -0.25) is 19.4 Å². The number of aromatic amines is 1. The van der Waals surface area contributed by atoms with Crippen LogP contribution in [-0.4, -0.2) is 28.9 Å². The highest BCUT2D eigenvalue weighted by Crippen LogP contribution is 2.30. The number of methoxy groups -OCH3 is 1. The molecule has 3 aromatic rings. The molecule has 0 saturated heterocycles. The van der Waals surface area contributed by atoms with Crippen LogP contribution in [0, 0.1) is 6.92 Å². The van der Waals surface area contributed by atoms with Gasteiger partial charge in [-0.2, -0.15) is 4.98 Å². The van der Waals surface area contributed by atoms with E-state index in [1.165, 1.54) is 0 Å². The number of rotatable bonds is 5. The maximum atomic E-state index is 12.9. The third-order valence-corrected chi connectivity index (χ3v) is 4.94. The number of aromatic nitrogens is 2. The molecule has 2 aromatic carbocycles. The van der Waals surface area contributed by atoms with E-state index in [9.17, 15) is 14.4 Å². The number of hydrogen-bond acceptors (Lipinski definition) is 6. The van der Waals surface area contributed by atoms with Crippen molar-refractivity contribution in [2.24, 2.45) is 0 Å². The van der Waals surface area contributed by atoms with Crippen molar-refractivity contribution >= 4 is 35.0 Å². The van der Waals surface area contributed by atoms with Gasteiger partial charge in [0, 0.05) is 17.8 Å². The van der Waals surface area contributed by atoms with Gasteiger partial charge in [-0.25, -0.2) is 0 Å². The van der Waals surface area contributed by atoms with Gasteiger partial charge in [-0.15, -0.1) is 0 Å². The molecule has 4 N–H and O–H groups in total. The van der Waals surface area contributed by atoms with Crippen molar-refractivity contribution in [1.82, 2.24) is 9.97 Å². The van der Waals surface area contributed by atoms with Gasteiger partial charge in [0.05, 0.1) is 18.6 Å². The molecule has 2 heterocycles. The highest BCUT2D eigenvalue weighted by atomic mass is 16.5. The first kappa shape index (κ1) is 20.1. The molecule has 1 aliphatic heterocycles. The Morgan fingerprint density at radius 2 is 1.74 bits per heavy atom. The summed E-state index contributed by atoms with van der Waals surface area (Å²) in [6.07, 6.45) is -0.138. The second-order valence-electron chi connectivity index (χ2n) is 7.19. The zero-order valence-electron chi connectivity index (χ0n) is 17.0. The van der Waals surface area contributed by atoms with Gasteiger partial charge in [0.15, 0.2) is 0 Å². The van der Waals surface area contributed by atoms with Crippen molar-refractivity contribution in [3.8, 4) is 5.75 Å². The molecule has 9 heteroatoms. The molecule has 0 unspecified atom stereocenters. The minimum Gasteiger partial charge on any atom is -0.497 e. The number of carbonyl (C=O) groups excluding carboxylic acids is 2. The van der Waals surface area contributed by atoms with Crippen LogP contribution >= 0.6 is 0 Å². The lowest BCUT2D eigenvalue weighted by molar-refractivity contribution is -0.123. The van der Waals surface area contributed by atoms with Gasteiger partial charge in [0.2, 0.25) is 17.8 Å². The molecule has 0 fully saturated rings. The predicted molar refractivity (Wildman–Crippen MR) is 117 cm³/mol. The Hall–Kier alpha value is -4.14. The summed E-state index contributed by atoms with van der Waals surface area (Å²) < 4.78 is 5.12. The maximum Gasteiger partial charge on any atom is 0.258 e. The zero-order valence-corrected chi connectivity index (χ0v) is 17.0. The van der Waals surface area contributed by atoms with Crippen molar-refractivity contribution in [3.05, 3.63) is 70.0 Å². The number of aryl methyl sites for hydroxylation is 1. The van der Waals surface area contributed by atoms with Crippen molar-refractivity contribution < 1.29 is 14.3 Å². The fourth-order valence-corrected chi connectivity index (χ4v) is 3.33. The van der Waals surface area contributed by atoms with Crippen LogP contribution < -0.4 is 26.2 Å². The normalized spacial score (nSPS) is 14.9. The SMILES string of the molecule is COc1ccc(Nc2nc3c(c(=O)[nH]2)[C@@H](C(=O)Nc2ccc(C)cc2)CC(=O)N3)cc1. The van der Waals surface area contributed by atoms with E-state index in [1.807, 2.05) is 19.1 Å². The van der Waals surface area contributed by atoms with E-state index in [0.717, 1.165) is 5.56 Å². The molecule has 1 aliphatic rings. The van der Waals surface area contributed by atoms with Crippen molar-refractivity contribution in [3.63, 3.8) is 0 Å². The standard InChI is InChI=1S/C22H21N5O4/c1-12-3-5-13(6-4-12)23-20(29)16-11-17(28)25-19-18(16)21(30)27-22(26-19)24-14-7-9-15(31-2)10-8-14/h3-10,16H,11H2,1-2H3,(H,23,29)(H3,24,25,26,27,28,30)/t16-/m0/s1. The molecule has 9 nitrogen and oxygen atoms in total. The van der Waals surface area contributed by atoms with Gasteiger partial charge in [0.25, 0.3) is 5.56 Å². The average Bonchev–Trinajstić information content (AvgIpc) is 2.75. The van der Waals surface area contributed by atoms with Crippen molar-refractivity contribution in [1.29, 1.82) is 0 Å². The number of nitrogens with zero attached hydrogens (tertiary/aromatic N) is 1. The maximum absolute atomic E-state index is 12.9. The van der Waals surface area contributed by atoms with Crippen molar-refractivity contribution in [2.45, 2.75) is 19.3 Å². The summed E-state index contributed by atoms with van der Waals surface area (Å²) in [5.74, 6) is -0.870. The number of ether oxygens (including phenoxy) is 1. The van der Waals surface area contributed by atoms with Crippen molar-refractivity contribution in [2.75, 3.05) is 23.1 Å². The Balaban J connectivity index is 1.60. The molecule has 0 radical (unpaired) electrons. The van der Waals surface area contributed by atoms with Crippen LogP contribution in [-0.2, 0) is 9.59 Å². The van der Waals surface area contributed by atoms with Gasteiger partial charge in [0.1, 0.15) is 11.6 Å². The molecular weight excluding hydrogens is 398 g/mol. The van der Waals surface area contributed by atoms with Gasteiger partial charge in [-0.05, 0) is 43.3 Å². The number of nitrogens with one attached hydrogen (secondary N) is 4. The number of H-pyrrole nitrogens is 1. The molecule has 158 valence electrons. The van der Waals surface area contributed by atoms with Crippen LogP contribution in [0.4, 0.5) is 23.1 Å². The van der Waals surface area contributed by atoms with Crippen LogP contribution in [0.15, 0.2) is 53.3 Å². The third-order valence-electron chi connectivity index (χ3n) is 4.94. The number of anilines is 4. The lowest BCUT2D eigenvalue weighted by atomic mass is 9.92. The average molecular weight is 419 g/mol. The van der Waals surface area contributed by atoms with Crippen LogP contribution in [0.25, 0.3) is 0 Å². The Bertz CT molecular complexity index is 1190. The molecule has 31 heavy (non-hydrogen) atoms. The molecule has 0 saturated carbocycles. The Morgan fingerprint density at radius 1 is 1.06 bits per heavy atom. The highest BCUT2D eigenvalue weighted by Gasteiger charge is 2.34. The summed E-state index contributed by atoms with van der Waals surface area (Å²) in [6, 6.07) is 14.3. The molecule has 0 bridgehead atoms. The monoisotopic (exact) mass is 419 g/mol. The third kappa shape index (κ3) is 4.40. The van der Waals surface area contributed by atoms with Crippen LogP contribution in [0.5, 0.6) is 5.75 Å². The summed E-state index contributed by atoms with van der Waals surface area (Å²) in [4.78, 5) is 44.8. The summed E-state index contributed by atoms with van der Waals surface area (Å²) in [6.45, 7) is 1.94. The van der Waals surface area contributed by atoms with E-state index in [2.05, 4.69) is 25.9 Å². The Labute approximate surface area is 177 Å². The van der Waals surface area contributed by atoms with E-state index in [1.54, 1.807) is 43.5 Å². The van der Waals surface area contributed by atoms with Crippen LogP contribution in [0.1, 0.15) is 23.5 Å². The number of hydrogen-bond donors (Lipinski definition) is 4. The van der Waals surface area contributed by atoms with E-state index in [-0.39, 0.29) is 29.7 Å². The van der Waals surface area contributed by atoms with Gasteiger partial charge in [-0.1, -0.05) is 17.7 Å². The van der Waals surface area contributed by atoms with Crippen LogP contribution in [0.2, 0.25) is 0 Å². The first-order valence-electron chi connectivity index (χ1n) is 9.65. The fourth-order valence-electron chi connectivity index (χ4n) is 3.33. The summed E-state index contributed by atoms with van der Waals surface area (Å²) in [5.41, 5.74) is 1.94.